The lowest BCUT2D eigenvalue weighted by Crippen LogP contribution is -2.04. The van der Waals surface area contributed by atoms with E-state index in [4.69, 9.17) is 0 Å². The summed E-state index contributed by atoms with van der Waals surface area (Å²) in [6.07, 6.45) is 1.69. The third kappa shape index (κ3) is 1.37. The van der Waals surface area contributed by atoms with Crippen molar-refractivity contribution < 1.29 is 0 Å². The van der Waals surface area contributed by atoms with Gasteiger partial charge in [-0.25, -0.2) is 0 Å². The van der Waals surface area contributed by atoms with Gasteiger partial charge in [0, 0.05) is 11.6 Å². The normalized spacial score (nSPS) is 10.8. The van der Waals surface area contributed by atoms with Gasteiger partial charge in [0.1, 0.15) is 0 Å². The zero-order chi connectivity index (χ0) is 11.0. The summed E-state index contributed by atoms with van der Waals surface area (Å²) in [4.78, 5) is 14.3. The van der Waals surface area contributed by atoms with E-state index in [0.717, 1.165) is 16.3 Å². The van der Waals surface area contributed by atoms with E-state index >= 15 is 0 Å². The van der Waals surface area contributed by atoms with Crippen LogP contribution in [0.15, 0.2) is 52.1 Å². The van der Waals surface area contributed by atoms with Crippen LogP contribution in [0, 0.1) is 0 Å². The van der Waals surface area contributed by atoms with Crippen LogP contribution in [0.2, 0.25) is 0 Å². The van der Waals surface area contributed by atoms with Crippen molar-refractivity contribution in [3.05, 3.63) is 57.6 Å². The highest BCUT2D eigenvalue weighted by molar-refractivity contribution is 7.08. The van der Waals surface area contributed by atoms with Crippen LogP contribution in [-0.2, 0) is 0 Å². The maximum atomic E-state index is 11.6. The molecule has 0 unspecified atom stereocenters. The summed E-state index contributed by atoms with van der Waals surface area (Å²) in [6, 6.07) is 9.84. The summed E-state index contributed by atoms with van der Waals surface area (Å²) in [5.41, 5.74) is 2.25. The first-order valence-corrected chi connectivity index (χ1v) is 5.93. The molecule has 0 spiro atoms. The fourth-order valence-corrected chi connectivity index (χ4v) is 2.55. The lowest BCUT2D eigenvalue weighted by molar-refractivity contribution is 1.28. The molecule has 0 aliphatic rings. The van der Waals surface area contributed by atoms with Gasteiger partial charge in [-0.2, -0.15) is 11.3 Å². The van der Waals surface area contributed by atoms with Gasteiger partial charge in [-0.15, -0.1) is 0 Å². The fourth-order valence-electron chi connectivity index (χ4n) is 1.89. The quantitative estimate of drug-likeness (QED) is 0.680. The molecule has 78 valence electrons. The van der Waals surface area contributed by atoms with Crippen LogP contribution in [0.1, 0.15) is 0 Å². The van der Waals surface area contributed by atoms with Gasteiger partial charge < -0.3 is 4.98 Å². The molecule has 3 rings (SSSR count). The summed E-state index contributed by atoms with van der Waals surface area (Å²) >= 11 is 1.66. The first-order chi connectivity index (χ1) is 7.86. The number of nitrogens with one attached hydrogen (secondary N) is 1. The first-order valence-electron chi connectivity index (χ1n) is 4.99. The third-order valence-electron chi connectivity index (χ3n) is 2.65. The Balaban J connectivity index is 2.43. The molecule has 0 fully saturated rings. The standard InChI is InChI=1S/C13H9NOS/c15-13-12-3-1-2-10(9-5-7-16-8-9)11(12)4-6-14-13/h1-8H,(H,14,15). The van der Waals surface area contributed by atoms with Gasteiger partial charge in [0.05, 0.1) is 0 Å². The Hall–Kier alpha value is -1.87. The predicted octanol–water partition coefficient (Wildman–Crippen LogP) is 3.26. The highest BCUT2D eigenvalue weighted by atomic mass is 32.1. The molecule has 2 heterocycles. The van der Waals surface area contributed by atoms with E-state index in [1.54, 1.807) is 17.5 Å². The molecule has 3 heteroatoms. The zero-order valence-electron chi connectivity index (χ0n) is 8.44. The molecule has 2 nitrogen and oxygen atoms in total. The third-order valence-corrected chi connectivity index (χ3v) is 3.33. The second-order valence-corrected chi connectivity index (χ2v) is 4.37. The number of H-pyrrole nitrogens is 1. The number of thiophene rings is 1. The van der Waals surface area contributed by atoms with Gasteiger partial charge in [0.15, 0.2) is 0 Å². The lowest BCUT2D eigenvalue weighted by Gasteiger charge is -2.03. The van der Waals surface area contributed by atoms with Crippen molar-refractivity contribution in [3.8, 4) is 11.1 Å². The average Bonchev–Trinajstić information content (AvgIpc) is 2.82. The van der Waals surface area contributed by atoms with Crippen molar-refractivity contribution in [2.75, 3.05) is 0 Å². The topological polar surface area (TPSA) is 32.9 Å². The van der Waals surface area contributed by atoms with Crippen LogP contribution in [-0.4, -0.2) is 4.98 Å². The molecule has 0 radical (unpaired) electrons. The van der Waals surface area contributed by atoms with Crippen LogP contribution in [0.3, 0.4) is 0 Å². The van der Waals surface area contributed by atoms with Crippen molar-refractivity contribution in [1.29, 1.82) is 0 Å². The Morgan fingerprint density at radius 3 is 2.81 bits per heavy atom. The Morgan fingerprint density at radius 2 is 2.00 bits per heavy atom. The lowest BCUT2D eigenvalue weighted by atomic mass is 10.0. The summed E-state index contributed by atoms with van der Waals surface area (Å²) < 4.78 is 0. The van der Waals surface area contributed by atoms with Gasteiger partial charge in [0.2, 0.25) is 0 Å². The summed E-state index contributed by atoms with van der Waals surface area (Å²) in [7, 11) is 0. The predicted molar refractivity (Wildman–Crippen MR) is 67.9 cm³/mol. The Kier molecular flexibility index (Phi) is 2.11. The number of fused-ring (bicyclic) bond motifs is 1. The van der Waals surface area contributed by atoms with Gasteiger partial charge >= 0.3 is 0 Å². The number of hydrogen-bond donors (Lipinski definition) is 1. The number of hydrogen-bond acceptors (Lipinski definition) is 2. The molecular formula is C13H9NOS. The molecule has 0 amide bonds. The van der Waals surface area contributed by atoms with Crippen molar-refractivity contribution in [3.63, 3.8) is 0 Å². The van der Waals surface area contributed by atoms with Crippen molar-refractivity contribution >= 4 is 22.1 Å². The molecule has 0 saturated heterocycles. The summed E-state index contributed by atoms with van der Waals surface area (Å²) in [5.74, 6) is 0. The molecule has 0 bridgehead atoms. The molecule has 1 aromatic carbocycles. The summed E-state index contributed by atoms with van der Waals surface area (Å²) in [6.45, 7) is 0. The summed E-state index contributed by atoms with van der Waals surface area (Å²) in [5, 5.41) is 5.88. The van der Waals surface area contributed by atoms with E-state index in [1.807, 2.05) is 29.6 Å². The van der Waals surface area contributed by atoms with Gasteiger partial charge in [-0.3, -0.25) is 4.79 Å². The van der Waals surface area contributed by atoms with Crippen molar-refractivity contribution in [1.82, 2.24) is 4.98 Å². The Morgan fingerprint density at radius 1 is 1.06 bits per heavy atom. The zero-order valence-corrected chi connectivity index (χ0v) is 9.25. The highest BCUT2D eigenvalue weighted by Gasteiger charge is 2.05. The van der Waals surface area contributed by atoms with Crippen LogP contribution >= 0.6 is 11.3 Å². The molecule has 0 atom stereocenters. The Bertz CT molecular complexity index is 682. The molecule has 0 aliphatic carbocycles. The minimum absolute atomic E-state index is 0.0328. The van der Waals surface area contributed by atoms with Gasteiger partial charge in [0.25, 0.3) is 5.56 Å². The number of rotatable bonds is 1. The van der Waals surface area contributed by atoms with Crippen LogP contribution < -0.4 is 5.56 Å². The number of aromatic nitrogens is 1. The minimum atomic E-state index is -0.0328. The molecule has 2 aromatic heterocycles. The largest absolute Gasteiger partial charge is 0.329 e. The molecule has 0 saturated carbocycles. The van der Waals surface area contributed by atoms with Gasteiger partial charge in [-0.1, -0.05) is 12.1 Å². The minimum Gasteiger partial charge on any atom is -0.329 e. The SMILES string of the molecule is O=c1[nH]ccc2c(-c3ccsc3)cccc12. The van der Waals surface area contributed by atoms with Crippen LogP contribution in [0.5, 0.6) is 0 Å². The average molecular weight is 227 g/mol. The molecule has 0 aliphatic heterocycles. The van der Waals surface area contributed by atoms with E-state index < -0.39 is 0 Å². The second-order valence-electron chi connectivity index (χ2n) is 3.59. The first kappa shape index (κ1) is 9.36. The number of aromatic amines is 1. The molecule has 3 aromatic rings. The van der Waals surface area contributed by atoms with E-state index in [2.05, 4.69) is 16.4 Å². The van der Waals surface area contributed by atoms with Crippen LogP contribution in [0.4, 0.5) is 0 Å². The Labute approximate surface area is 96.2 Å². The van der Waals surface area contributed by atoms with Crippen molar-refractivity contribution in [2.24, 2.45) is 0 Å². The fraction of sp³-hybridized carbons (Fsp3) is 0. The van der Waals surface area contributed by atoms with Gasteiger partial charge in [-0.05, 0) is 45.5 Å². The smallest absolute Gasteiger partial charge is 0.255 e. The van der Waals surface area contributed by atoms with E-state index in [-0.39, 0.29) is 5.56 Å². The van der Waals surface area contributed by atoms with Crippen molar-refractivity contribution in [2.45, 2.75) is 0 Å². The molecular weight excluding hydrogens is 218 g/mol. The maximum absolute atomic E-state index is 11.6. The number of pyridine rings is 1. The second kappa shape index (κ2) is 3.61. The number of benzene rings is 1. The monoisotopic (exact) mass is 227 g/mol. The van der Waals surface area contributed by atoms with E-state index in [9.17, 15) is 4.79 Å². The molecule has 16 heavy (non-hydrogen) atoms. The molecule has 1 N–H and O–H groups in total. The van der Waals surface area contributed by atoms with Crippen LogP contribution in [0.25, 0.3) is 21.9 Å². The maximum Gasteiger partial charge on any atom is 0.255 e. The van der Waals surface area contributed by atoms with E-state index in [1.165, 1.54) is 5.56 Å². The van der Waals surface area contributed by atoms with E-state index in [0.29, 0.717) is 0 Å². The highest BCUT2D eigenvalue weighted by Crippen LogP contribution is 2.28.